The van der Waals surface area contributed by atoms with Crippen molar-refractivity contribution in [2.45, 2.75) is 54.1 Å². The topological polar surface area (TPSA) is 38.7 Å². The van der Waals surface area contributed by atoms with Gasteiger partial charge in [-0.3, -0.25) is 9.79 Å². The fourth-order valence-electron chi connectivity index (χ4n) is 3.09. The fourth-order valence-corrected chi connectivity index (χ4v) is 3.09. The van der Waals surface area contributed by atoms with Gasteiger partial charge in [-0.15, -0.1) is 0 Å². The van der Waals surface area contributed by atoms with Gasteiger partial charge < -0.3 is 4.74 Å². The molecule has 0 spiro atoms. The quantitative estimate of drug-likeness (QED) is 0.568. The van der Waals surface area contributed by atoms with Crippen LogP contribution >= 0.6 is 0 Å². The number of carbonyl (C=O) groups excluding carboxylic acids is 1. The standard InChI is InChI=1S/C23H29NO2/c1-15-8-16(2)11-19(10-15)22(20-12-17(3)9-18(4)13-20)24-14-21(25)26-23(5,6)7/h8-13H,14H2,1-7H3. The van der Waals surface area contributed by atoms with Crippen molar-refractivity contribution in [2.75, 3.05) is 6.54 Å². The first-order valence-corrected chi connectivity index (χ1v) is 8.97. The summed E-state index contributed by atoms with van der Waals surface area (Å²) in [5.74, 6) is -0.316. The second-order valence-corrected chi connectivity index (χ2v) is 8.00. The van der Waals surface area contributed by atoms with Crippen LogP contribution < -0.4 is 0 Å². The molecule has 0 aliphatic rings. The van der Waals surface area contributed by atoms with Gasteiger partial charge in [0, 0.05) is 11.1 Å². The van der Waals surface area contributed by atoms with Crippen LogP contribution in [0.15, 0.2) is 41.4 Å². The van der Waals surface area contributed by atoms with Crippen LogP contribution in [0.1, 0.15) is 54.2 Å². The lowest BCUT2D eigenvalue weighted by molar-refractivity contribution is -0.152. The molecule has 2 rings (SSSR count). The minimum Gasteiger partial charge on any atom is -0.459 e. The summed E-state index contributed by atoms with van der Waals surface area (Å²) in [6.45, 7) is 13.9. The Balaban J connectivity index is 2.48. The summed E-state index contributed by atoms with van der Waals surface area (Å²) >= 11 is 0. The Morgan fingerprint density at radius 3 is 1.54 bits per heavy atom. The molecule has 0 atom stereocenters. The molecule has 0 aliphatic carbocycles. The summed E-state index contributed by atoms with van der Waals surface area (Å²) in [5, 5.41) is 0. The van der Waals surface area contributed by atoms with Crippen LogP contribution in [0.4, 0.5) is 0 Å². The molecule has 0 unspecified atom stereocenters. The van der Waals surface area contributed by atoms with E-state index in [-0.39, 0.29) is 12.5 Å². The second-order valence-electron chi connectivity index (χ2n) is 8.00. The predicted octanol–water partition coefficient (Wildman–Crippen LogP) is 5.10. The van der Waals surface area contributed by atoms with Gasteiger partial charge in [-0.05, 0) is 72.7 Å². The van der Waals surface area contributed by atoms with E-state index in [0.29, 0.717) is 0 Å². The van der Waals surface area contributed by atoms with Gasteiger partial charge in [0.1, 0.15) is 12.1 Å². The lowest BCUT2D eigenvalue weighted by Crippen LogP contribution is -2.25. The van der Waals surface area contributed by atoms with Crippen LogP contribution in [0.3, 0.4) is 0 Å². The van der Waals surface area contributed by atoms with Gasteiger partial charge in [-0.2, -0.15) is 0 Å². The number of hydrogen-bond donors (Lipinski definition) is 0. The van der Waals surface area contributed by atoms with Crippen molar-refractivity contribution in [3.63, 3.8) is 0 Å². The number of carbonyl (C=O) groups is 1. The van der Waals surface area contributed by atoms with E-state index in [4.69, 9.17) is 4.74 Å². The molecule has 0 amide bonds. The Morgan fingerprint density at radius 2 is 1.19 bits per heavy atom. The molecule has 0 N–H and O–H groups in total. The first kappa shape index (κ1) is 19.9. The highest BCUT2D eigenvalue weighted by atomic mass is 16.6. The Bertz CT molecular complexity index is 748. The average molecular weight is 351 g/mol. The number of ether oxygens (including phenoxy) is 1. The summed E-state index contributed by atoms with van der Waals surface area (Å²) in [7, 11) is 0. The lowest BCUT2D eigenvalue weighted by Gasteiger charge is -2.19. The van der Waals surface area contributed by atoms with Crippen LogP contribution in [0, 0.1) is 27.7 Å². The van der Waals surface area contributed by atoms with E-state index in [0.717, 1.165) is 16.8 Å². The van der Waals surface area contributed by atoms with E-state index in [2.05, 4.69) is 69.1 Å². The molecule has 2 aromatic rings. The molecule has 0 aromatic heterocycles. The predicted molar refractivity (Wildman–Crippen MR) is 108 cm³/mol. The molecule has 138 valence electrons. The van der Waals surface area contributed by atoms with E-state index in [1.165, 1.54) is 22.3 Å². The largest absolute Gasteiger partial charge is 0.459 e. The van der Waals surface area contributed by atoms with Crippen LogP contribution in [-0.2, 0) is 9.53 Å². The van der Waals surface area contributed by atoms with E-state index in [1.54, 1.807) is 0 Å². The number of rotatable bonds is 4. The van der Waals surface area contributed by atoms with Crippen LogP contribution in [0.5, 0.6) is 0 Å². The van der Waals surface area contributed by atoms with Crippen LogP contribution in [-0.4, -0.2) is 23.8 Å². The highest BCUT2D eigenvalue weighted by molar-refractivity contribution is 6.13. The number of benzene rings is 2. The summed E-state index contributed by atoms with van der Waals surface area (Å²) in [6, 6.07) is 12.7. The van der Waals surface area contributed by atoms with Gasteiger partial charge in [0.2, 0.25) is 0 Å². The third-order valence-corrected chi connectivity index (χ3v) is 3.78. The molecule has 2 aromatic carbocycles. The van der Waals surface area contributed by atoms with E-state index in [9.17, 15) is 4.79 Å². The first-order valence-electron chi connectivity index (χ1n) is 8.97. The summed E-state index contributed by atoms with van der Waals surface area (Å²) in [4.78, 5) is 16.8. The minimum absolute atomic E-state index is 0.00653. The van der Waals surface area contributed by atoms with Gasteiger partial charge in [0.15, 0.2) is 0 Å². The maximum Gasteiger partial charge on any atom is 0.328 e. The molecule has 3 nitrogen and oxygen atoms in total. The van der Waals surface area contributed by atoms with Gasteiger partial charge in [0.25, 0.3) is 0 Å². The monoisotopic (exact) mass is 351 g/mol. The molecule has 0 aliphatic heterocycles. The third-order valence-electron chi connectivity index (χ3n) is 3.78. The Hall–Kier alpha value is -2.42. The van der Waals surface area contributed by atoms with Crippen LogP contribution in [0.2, 0.25) is 0 Å². The fraction of sp³-hybridized carbons (Fsp3) is 0.391. The molecule has 0 fully saturated rings. The smallest absolute Gasteiger partial charge is 0.328 e. The van der Waals surface area contributed by atoms with Crippen molar-refractivity contribution in [3.05, 3.63) is 69.8 Å². The molecule has 26 heavy (non-hydrogen) atoms. The number of esters is 1. The van der Waals surface area contributed by atoms with Gasteiger partial charge in [-0.25, -0.2) is 0 Å². The number of aryl methyl sites for hydroxylation is 4. The van der Waals surface area contributed by atoms with Crippen molar-refractivity contribution in [2.24, 2.45) is 4.99 Å². The molecule has 0 heterocycles. The van der Waals surface area contributed by atoms with E-state index >= 15 is 0 Å². The van der Waals surface area contributed by atoms with Crippen LogP contribution in [0.25, 0.3) is 0 Å². The van der Waals surface area contributed by atoms with Crippen molar-refractivity contribution in [1.29, 1.82) is 0 Å². The zero-order valence-electron chi connectivity index (χ0n) is 16.9. The number of hydrogen-bond acceptors (Lipinski definition) is 3. The molecular formula is C23H29NO2. The number of nitrogens with zero attached hydrogens (tertiary/aromatic N) is 1. The van der Waals surface area contributed by atoms with Crippen molar-refractivity contribution >= 4 is 11.7 Å². The van der Waals surface area contributed by atoms with Crippen molar-refractivity contribution in [3.8, 4) is 0 Å². The zero-order valence-corrected chi connectivity index (χ0v) is 16.9. The maximum absolute atomic E-state index is 12.2. The van der Waals surface area contributed by atoms with E-state index < -0.39 is 5.60 Å². The third kappa shape index (κ3) is 5.83. The van der Waals surface area contributed by atoms with E-state index in [1.807, 2.05) is 20.8 Å². The molecule has 0 saturated carbocycles. The summed E-state index contributed by atoms with van der Waals surface area (Å²) in [5.41, 5.74) is 7.07. The maximum atomic E-state index is 12.2. The van der Waals surface area contributed by atoms with Crippen molar-refractivity contribution in [1.82, 2.24) is 0 Å². The highest BCUT2D eigenvalue weighted by Gasteiger charge is 2.17. The minimum atomic E-state index is -0.507. The SMILES string of the molecule is Cc1cc(C)cc(C(=NCC(=O)OC(C)(C)C)c2cc(C)cc(C)c2)c1. The van der Waals surface area contributed by atoms with Gasteiger partial charge in [0.05, 0.1) is 5.71 Å². The molecule has 0 saturated heterocycles. The van der Waals surface area contributed by atoms with Crippen molar-refractivity contribution < 1.29 is 9.53 Å². The average Bonchev–Trinajstić information content (AvgIpc) is 2.43. The highest BCUT2D eigenvalue weighted by Crippen LogP contribution is 2.18. The summed E-state index contributed by atoms with van der Waals surface area (Å²) in [6.07, 6.45) is 0. The normalized spacial score (nSPS) is 11.2. The molecule has 0 radical (unpaired) electrons. The summed E-state index contributed by atoms with van der Waals surface area (Å²) < 4.78 is 5.41. The van der Waals surface area contributed by atoms with Gasteiger partial charge in [-0.1, -0.05) is 34.4 Å². The molecule has 3 heteroatoms. The van der Waals surface area contributed by atoms with Gasteiger partial charge >= 0.3 is 5.97 Å². The lowest BCUT2D eigenvalue weighted by atomic mass is 9.96. The molecular weight excluding hydrogens is 322 g/mol. The second kappa shape index (κ2) is 7.86. The Kier molecular flexibility index (Phi) is 6.01. The molecule has 0 bridgehead atoms. The zero-order chi connectivity index (χ0) is 19.5. The Labute approximate surface area is 157 Å². The Morgan fingerprint density at radius 1 is 0.808 bits per heavy atom. The first-order chi connectivity index (χ1) is 12.0. The number of aliphatic imine (C=N–C) groups is 1.